The molecule has 2 aromatic heterocycles. The average molecular weight is 353 g/mol. The number of aromatic nitrogens is 6. The molecule has 9 heteroatoms. The van der Waals surface area contributed by atoms with Crippen LogP contribution in [0.1, 0.15) is 30.0 Å². The van der Waals surface area contributed by atoms with Crippen molar-refractivity contribution in [3.05, 3.63) is 53.6 Å². The van der Waals surface area contributed by atoms with Crippen molar-refractivity contribution in [1.29, 1.82) is 0 Å². The van der Waals surface area contributed by atoms with Crippen molar-refractivity contribution in [1.82, 2.24) is 34.9 Å². The molecule has 3 aromatic rings. The van der Waals surface area contributed by atoms with Crippen LogP contribution in [0.15, 0.2) is 36.7 Å². The molecule has 1 aromatic carbocycles. The zero-order chi connectivity index (χ0) is 18.1. The zero-order valence-corrected chi connectivity index (χ0v) is 14.4. The van der Waals surface area contributed by atoms with Crippen LogP contribution < -0.4 is 0 Å². The monoisotopic (exact) mass is 353 g/mol. The van der Waals surface area contributed by atoms with Crippen molar-refractivity contribution in [3.8, 4) is 5.69 Å². The van der Waals surface area contributed by atoms with Crippen LogP contribution in [0.3, 0.4) is 0 Å². The smallest absolute Gasteiger partial charge is 0.227 e. The van der Waals surface area contributed by atoms with Gasteiger partial charge in [-0.2, -0.15) is 5.10 Å². The molecule has 4 rings (SSSR count). The van der Waals surface area contributed by atoms with Gasteiger partial charge in [-0.05, 0) is 41.1 Å². The second-order valence-electron chi connectivity index (χ2n) is 6.37. The quantitative estimate of drug-likeness (QED) is 0.733. The van der Waals surface area contributed by atoms with Gasteiger partial charge in [0.1, 0.15) is 6.33 Å². The van der Waals surface area contributed by atoms with Crippen molar-refractivity contribution >= 4 is 5.91 Å². The summed E-state index contributed by atoms with van der Waals surface area (Å²) in [6.07, 6.45) is 1.27. The molecule has 0 spiro atoms. The Bertz CT molecular complexity index is 900. The molecule has 26 heavy (non-hydrogen) atoms. The molecule has 1 aliphatic heterocycles. The van der Waals surface area contributed by atoms with Gasteiger partial charge in [0, 0.05) is 6.54 Å². The first-order valence-corrected chi connectivity index (χ1v) is 8.45. The number of nitrogens with zero attached hydrogens (tertiary/aromatic N) is 7. The molecule has 1 aliphatic rings. The van der Waals surface area contributed by atoms with Crippen LogP contribution in [-0.4, -0.2) is 52.4 Å². The van der Waals surface area contributed by atoms with Crippen LogP contribution in [0, 0.1) is 0 Å². The number of aliphatic hydroxyl groups is 1. The number of carbonyl (C=O) groups excluding carboxylic acids is 1. The third kappa shape index (κ3) is 3.21. The summed E-state index contributed by atoms with van der Waals surface area (Å²) in [5.41, 5.74) is 3.39. The van der Waals surface area contributed by atoms with Gasteiger partial charge in [-0.15, -0.1) is 5.10 Å². The molecule has 0 radical (unpaired) electrons. The van der Waals surface area contributed by atoms with Gasteiger partial charge in [-0.25, -0.2) is 4.68 Å². The molecule has 0 bridgehead atoms. The van der Waals surface area contributed by atoms with Gasteiger partial charge in [0.2, 0.25) is 5.91 Å². The zero-order valence-electron chi connectivity index (χ0n) is 14.4. The van der Waals surface area contributed by atoms with E-state index >= 15 is 0 Å². The summed E-state index contributed by atoms with van der Waals surface area (Å²) in [4.78, 5) is 14.5. The number of tetrazole rings is 1. The first kappa shape index (κ1) is 16.4. The summed E-state index contributed by atoms with van der Waals surface area (Å²) in [6, 6.07) is 9.46. The Morgan fingerprint density at radius 2 is 2.08 bits per heavy atom. The lowest BCUT2D eigenvalue weighted by Crippen LogP contribution is -2.39. The second kappa shape index (κ2) is 6.68. The number of carbonyl (C=O) groups is 1. The predicted octanol–water partition coefficient (Wildman–Crippen LogP) is 0.497. The van der Waals surface area contributed by atoms with Gasteiger partial charge in [-0.3, -0.25) is 9.48 Å². The predicted molar refractivity (Wildman–Crippen MR) is 91.1 cm³/mol. The molecular formula is C17H19N7O2. The number of rotatable bonds is 4. The summed E-state index contributed by atoms with van der Waals surface area (Å²) >= 11 is 0. The highest BCUT2D eigenvalue weighted by Gasteiger charge is 2.23. The molecule has 1 atom stereocenters. The van der Waals surface area contributed by atoms with E-state index < -0.39 is 6.10 Å². The average Bonchev–Trinajstić information content (AvgIpc) is 3.31. The van der Waals surface area contributed by atoms with Crippen molar-refractivity contribution in [2.45, 2.75) is 32.5 Å². The number of hydrogen-bond acceptors (Lipinski definition) is 6. The van der Waals surface area contributed by atoms with Gasteiger partial charge in [0.05, 0.1) is 42.7 Å². The minimum atomic E-state index is -0.601. The van der Waals surface area contributed by atoms with Gasteiger partial charge >= 0.3 is 0 Å². The Balaban J connectivity index is 1.42. The van der Waals surface area contributed by atoms with Crippen molar-refractivity contribution in [3.63, 3.8) is 0 Å². The van der Waals surface area contributed by atoms with E-state index in [0.717, 1.165) is 16.9 Å². The fourth-order valence-corrected chi connectivity index (χ4v) is 3.04. The van der Waals surface area contributed by atoms with Gasteiger partial charge < -0.3 is 10.0 Å². The topological polar surface area (TPSA) is 102 Å². The highest BCUT2D eigenvalue weighted by molar-refractivity contribution is 5.79. The van der Waals surface area contributed by atoms with Crippen LogP contribution >= 0.6 is 0 Å². The number of amides is 1. The maximum absolute atomic E-state index is 12.6. The van der Waals surface area contributed by atoms with Crippen LogP contribution in [0.2, 0.25) is 0 Å². The SMILES string of the molecule is C[C@H](O)c1cc2n(n1)CCN(C(=O)Cc1ccc(-n3cnnn3)cc1)C2. The largest absolute Gasteiger partial charge is 0.387 e. The molecule has 0 saturated carbocycles. The van der Waals surface area contributed by atoms with Crippen molar-refractivity contribution < 1.29 is 9.90 Å². The van der Waals surface area contributed by atoms with Crippen molar-refractivity contribution in [2.75, 3.05) is 6.54 Å². The molecule has 0 saturated heterocycles. The number of fused-ring (bicyclic) bond motifs is 1. The normalized spacial score (nSPS) is 14.9. The van der Waals surface area contributed by atoms with Crippen LogP contribution in [0.5, 0.6) is 0 Å². The molecule has 1 N–H and O–H groups in total. The van der Waals surface area contributed by atoms with Crippen molar-refractivity contribution in [2.24, 2.45) is 0 Å². The van der Waals surface area contributed by atoms with E-state index in [1.54, 1.807) is 11.6 Å². The number of benzene rings is 1. The lowest BCUT2D eigenvalue weighted by molar-refractivity contribution is -0.132. The second-order valence-corrected chi connectivity index (χ2v) is 6.37. The standard InChI is InChI=1S/C17H19N7O2/c1-12(25)16-9-15-10-22(6-7-23(15)19-16)17(26)8-13-2-4-14(5-3-13)24-11-18-20-21-24/h2-5,9,11-12,25H,6-8,10H2,1H3/t12-/m0/s1. The van der Waals surface area contributed by atoms with Crippen LogP contribution in [-0.2, 0) is 24.3 Å². The van der Waals surface area contributed by atoms with E-state index in [1.807, 2.05) is 39.9 Å². The maximum atomic E-state index is 12.6. The highest BCUT2D eigenvalue weighted by Crippen LogP contribution is 2.19. The maximum Gasteiger partial charge on any atom is 0.227 e. The first-order chi connectivity index (χ1) is 12.6. The minimum absolute atomic E-state index is 0.0752. The van der Waals surface area contributed by atoms with Gasteiger partial charge in [0.25, 0.3) is 0 Å². The Morgan fingerprint density at radius 3 is 2.77 bits per heavy atom. The summed E-state index contributed by atoms with van der Waals surface area (Å²) in [6.45, 7) is 3.47. The third-order valence-corrected chi connectivity index (χ3v) is 4.50. The van der Waals surface area contributed by atoms with E-state index in [9.17, 15) is 9.90 Å². The molecular weight excluding hydrogens is 334 g/mol. The Kier molecular flexibility index (Phi) is 4.21. The summed E-state index contributed by atoms with van der Waals surface area (Å²) in [5.74, 6) is 0.0752. The van der Waals surface area contributed by atoms with E-state index in [1.165, 1.54) is 6.33 Å². The molecule has 0 fully saturated rings. The van der Waals surface area contributed by atoms with E-state index in [-0.39, 0.29) is 5.91 Å². The fraction of sp³-hybridized carbons (Fsp3) is 0.353. The molecule has 0 aliphatic carbocycles. The fourth-order valence-electron chi connectivity index (χ4n) is 3.04. The molecule has 3 heterocycles. The first-order valence-electron chi connectivity index (χ1n) is 8.45. The van der Waals surface area contributed by atoms with Crippen LogP contribution in [0.25, 0.3) is 5.69 Å². The molecule has 9 nitrogen and oxygen atoms in total. The van der Waals surface area contributed by atoms with Gasteiger partial charge in [-0.1, -0.05) is 12.1 Å². The summed E-state index contributed by atoms with van der Waals surface area (Å²) in [7, 11) is 0. The third-order valence-electron chi connectivity index (χ3n) is 4.50. The highest BCUT2D eigenvalue weighted by atomic mass is 16.3. The number of hydrogen-bond donors (Lipinski definition) is 1. The van der Waals surface area contributed by atoms with E-state index in [2.05, 4.69) is 20.6 Å². The minimum Gasteiger partial charge on any atom is -0.387 e. The Hall–Kier alpha value is -3.07. The van der Waals surface area contributed by atoms with E-state index in [0.29, 0.717) is 31.7 Å². The summed E-state index contributed by atoms with van der Waals surface area (Å²) < 4.78 is 3.43. The van der Waals surface area contributed by atoms with E-state index in [4.69, 9.17) is 0 Å². The Labute approximate surface area is 149 Å². The summed E-state index contributed by atoms with van der Waals surface area (Å²) in [5, 5.41) is 25.1. The number of aliphatic hydroxyl groups excluding tert-OH is 1. The molecule has 1 amide bonds. The van der Waals surface area contributed by atoms with Crippen LogP contribution in [0.4, 0.5) is 0 Å². The lowest BCUT2D eigenvalue weighted by Gasteiger charge is -2.27. The Morgan fingerprint density at radius 1 is 1.27 bits per heavy atom. The van der Waals surface area contributed by atoms with Gasteiger partial charge in [0.15, 0.2) is 0 Å². The molecule has 0 unspecified atom stereocenters. The lowest BCUT2D eigenvalue weighted by atomic mass is 10.1. The molecule has 134 valence electrons.